The largest absolute Gasteiger partial charge is 0.416 e. The van der Waals surface area contributed by atoms with Gasteiger partial charge in [-0.05, 0) is 59.7 Å². The maximum absolute atomic E-state index is 12.9. The van der Waals surface area contributed by atoms with Crippen LogP contribution in [0.15, 0.2) is 91.0 Å². The molecule has 0 fully saturated rings. The maximum Gasteiger partial charge on any atom is 0.416 e. The van der Waals surface area contributed by atoms with E-state index < -0.39 is 23.5 Å². The quantitative estimate of drug-likeness (QED) is 0.291. The van der Waals surface area contributed by atoms with Crippen LogP contribution in [-0.2, 0) is 12.4 Å². The van der Waals surface area contributed by atoms with E-state index in [0.717, 1.165) is 30.0 Å². The van der Waals surface area contributed by atoms with E-state index in [1.54, 1.807) is 12.1 Å². The molecule has 4 rings (SSSR count). The van der Waals surface area contributed by atoms with Gasteiger partial charge in [0.25, 0.3) is 0 Å². The van der Waals surface area contributed by atoms with Crippen LogP contribution in [-0.4, -0.2) is 4.57 Å². The fourth-order valence-corrected chi connectivity index (χ4v) is 3.40. The lowest BCUT2D eigenvalue weighted by atomic mass is 10.1. The molecule has 7 heteroatoms. The van der Waals surface area contributed by atoms with Crippen molar-refractivity contribution in [2.45, 2.75) is 12.4 Å². The Balaban J connectivity index is 1.84. The van der Waals surface area contributed by atoms with Crippen LogP contribution < -0.4 is 0 Å². The van der Waals surface area contributed by atoms with Crippen molar-refractivity contribution in [3.05, 3.63) is 102 Å². The SMILES string of the molecule is FC(F)(F)c1ccc(-c2ccc(-c3ccc(C(F)(F)F)cc3)n2-c2ccccc2)cc1. The lowest BCUT2D eigenvalue weighted by Gasteiger charge is -2.15. The molecule has 0 atom stereocenters. The van der Waals surface area contributed by atoms with Crippen molar-refractivity contribution in [3.8, 4) is 28.2 Å². The first-order valence-corrected chi connectivity index (χ1v) is 9.27. The van der Waals surface area contributed by atoms with Crippen molar-refractivity contribution in [1.29, 1.82) is 0 Å². The van der Waals surface area contributed by atoms with E-state index in [0.29, 0.717) is 22.5 Å². The van der Waals surface area contributed by atoms with Crippen LogP contribution in [0.3, 0.4) is 0 Å². The number of alkyl halides is 6. The average molecular weight is 431 g/mol. The van der Waals surface area contributed by atoms with Gasteiger partial charge >= 0.3 is 12.4 Å². The molecule has 158 valence electrons. The molecule has 0 unspecified atom stereocenters. The topological polar surface area (TPSA) is 4.93 Å². The molecule has 0 spiro atoms. The minimum atomic E-state index is -4.44. The van der Waals surface area contributed by atoms with Crippen molar-refractivity contribution in [1.82, 2.24) is 4.57 Å². The summed E-state index contributed by atoms with van der Waals surface area (Å²) in [6, 6.07) is 22.1. The number of halogens is 6. The van der Waals surface area contributed by atoms with Crippen LogP contribution in [0.2, 0.25) is 0 Å². The molecule has 1 aromatic heterocycles. The van der Waals surface area contributed by atoms with Crippen LogP contribution in [0.1, 0.15) is 11.1 Å². The third-order valence-corrected chi connectivity index (χ3v) is 4.91. The van der Waals surface area contributed by atoms with Crippen molar-refractivity contribution in [3.63, 3.8) is 0 Å². The van der Waals surface area contributed by atoms with E-state index >= 15 is 0 Å². The van der Waals surface area contributed by atoms with Gasteiger partial charge in [0, 0.05) is 5.69 Å². The summed E-state index contributed by atoms with van der Waals surface area (Å²) in [5, 5.41) is 0. The number of benzene rings is 3. The molecule has 0 saturated heterocycles. The van der Waals surface area contributed by atoms with Crippen molar-refractivity contribution in [2.75, 3.05) is 0 Å². The summed E-state index contributed by atoms with van der Waals surface area (Å²) >= 11 is 0. The molecule has 0 saturated carbocycles. The number of hydrogen-bond donors (Lipinski definition) is 0. The second-order valence-electron chi connectivity index (χ2n) is 6.92. The molecule has 0 aliphatic carbocycles. The van der Waals surface area contributed by atoms with Gasteiger partial charge in [0.2, 0.25) is 0 Å². The third-order valence-electron chi connectivity index (χ3n) is 4.91. The van der Waals surface area contributed by atoms with Gasteiger partial charge in [-0.3, -0.25) is 0 Å². The molecule has 0 aliphatic heterocycles. The van der Waals surface area contributed by atoms with Gasteiger partial charge < -0.3 is 4.57 Å². The Morgan fingerprint density at radius 3 is 1.19 bits per heavy atom. The van der Waals surface area contributed by atoms with Crippen molar-refractivity contribution >= 4 is 0 Å². The molecule has 0 amide bonds. The van der Waals surface area contributed by atoms with Crippen LogP contribution in [0.5, 0.6) is 0 Å². The van der Waals surface area contributed by atoms with Crippen LogP contribution in [0.25, 0.3) is 28.2 Å². The van der Waals surface area contributed by atoms with E-state index in [9.17, 15) is 26.3 Å². The highest BCUT2D eigenvalue weighted by atomic mass is 19.4. The summed E-state index contributed by atoms with van der Waals surface area (Å²) in [6.45, 7) is 0. The molecule has 3 aromatic carbocycles. The standard InChI is InChI=1S/C24H15F6N/c25-23(26,27)18-10-6-16(7-11-18)21-14-15-22(31(21)20-4-2-1-3-5-20)17-8-12-19(13-9-17)24(28,29)30/h1-15H. The molecule has 1 nitrogen and oxygen atoms in total. The highest BCUT2D eigenvalue weighted by Gasteiger charge is 2.31. The zero-order valence-electron chi connectivity index (χ0n) is 15.9. The van der Waals surface area contributed by atoms with Crippen LogP contribution in [0.4, 0.5) is 26.3 Å². The molecule has 0 bridgehead atoms. The molecule has 0 N–H and O–H groups in total. The second kappa shape index (κ2) is 7.65. The normalized spacial score (nSPS) is 12.2. The summed E-state index contributed by atoms with van der Waals surface area (Å²) in [4.78, 5) is 0. The minimum absolute atomic E-state index is 0.551. The van der Waals surface area contributed by atoms with Gasteiger partial charge in [0.05, 0.1) is 22.5 Å². The maximum atomic E-state index is 12.9. The summed E-state index contributed by atoms with van der Waals surface area (Å²) in [5.74, 6) is 0. The Hall–Kier alpha value is -3.48. The number of aromatic nitrogens is 1. The van der Waals surface area contributed by atoms with Gasteiger partial charge in [0.15, 0.2) is 0 Å². The highest BCUT2D eigenvalue weighted by molar-refractivity contribution is 5.73. The Morgan fingerprint density at radius 2 is 0.839 bits per heavy atom. The fraction of sp³-hybridized carbons (Fsp3) is 0.0833. The number of nitrogens with zero attached hydrogens (tertiary/aromatic N) is 1. The van der Waals surface area contributed by atoms with Gasteiger partial charge in [-0.2, -0.15) is 26.3 Å². The Bertz CT molecular complexity index is 1090. The van der Waals surface area contributed by atoms with Gasteiger partial charge in [-0.25, -0.2) is 0 Å². The predicted octanol–water partition coefficient (Wildman–Crippen LogP) is 7.85. The Kier molecular flexibility index (Phi) is 5.13. The van der Waals surface area contributed by atoms with Gasteiger partial charge in [-0.1, -0.05) is 42.5 Å². The molecule has 0 radical (unpaired) electrons. The summed E-state index contributed by atoms with van der Waals surface area (Å²) in [6.07, 6.45) is -8.88. The number of para-hydroxylation sites is 1. The molecular weight excluding hydrogens is 416 g/mol. The summed E-state index contributed by atoms with van der Waals surface area (Å²) < 4.78 is 79.3. The van der Waals surface area contributed by atoms with E-state index in [2.05, 4.69) is 0 Å². The first-order chi connectivity index (χ1) is 14.6. The smallest absolute Gasteiger partial charge is 0.309 e. The van der Waals surface area contributed by atoms with E-state index in [1.165, 1.54) is 24.3 Å². The fourth-order valence-electron chi connectivity index (χ4n) is 3.40. The van der Waals surface area contributed by atoms with Crippen LogP contribution >= 0.6 is 0 Å². The van der Waals surface area contributed by atoms with Gasteiger partial charge in [-0.15, -0.1) is 0 Å². The highest BCUT2D eigenvalue weighted by Crippen LogP contribution is 2.36. The zero-order valence-corrected chi connectivity index (χ0v) is 15.9. The molecule has 4 aromatic rings. The molecule has 31 heavy (non-hydrogen) atoms. The zero-order chi connectivity index (χ0) is 22.2. The van der Waals surface area contributed by atoms with Crippen molar-refractivity contribution in [2.24, 2.45) is 0 Å². The molecular formula is C24H15F6N. The summed E-state index contributed by atoms with van der Waals surface area (Å²) in [5.41, 5.74) is 1.57. The molecule has 1 heterocycles. The summed E-state index contributed by atoms with van der Waals surface area (Å²) in [7, 11) is 0. The van der Waals surface area contributed by atoms with E-state index in [1.807, 2.05) is 34.9 Å². The average Bonchev–Trinajstić information content (AvgIpc) is 3.18. The first-order valence-electron chi connectivity index (χ1n) is 9.27. The van der Waals surface area contributed by atoms with E-state index in [-0.39, 0.29) is 0 Å². The monoisotopic (exact) mass is 431 g/mol. The first kappa shape index (κ1) is 20.8. The third kappa shape index (κ3) is 4.21. The second-order valence-corrected chi connectivity index (χ2v) is 6.92. The Labute approximate surface area is 174 Å². The van der Waals surface area contributed by atoms with E-state index in [4.69, 9.17) is 0 Å². The van der Waals surface area contributed by atoms with Gasteiger partial charge in [0.1, 0.15) is 0 Å². The van der Waals surface area contributed by atoms with Crippen molar-refractivity contribution < 1.29 is 26.3 Å². The minimum Gasteiger partial charge on any atom is -0.309 e. The Morgan fingerprint density at radius 1 is 0.452 bits per heavy atom. The molecule has 0 aliphatic rings. The number of hydrogen-bond acceptors (Lipinski definition) is 0. The number of rotatable bonds is 3. The lowest BCUT2D eigenvalue weighted by Crippen LogP contribution is -2.05. The van der Waals surface area contributed by atoms with Crippen LogP contribution in [0, 0.1) is 0 Å². The predicted molar refractivity (Wildman–Crippen MR) is 107 cm³/mol. The lowest BCUT2D eigenvalue weighted by molar-refractivity contribution is -0.138.